The quantitative estimate of drug-likeness (QED) is 0.0146. The van der Waals surface area contributed by atoms with E-state index in [2.05, 4.69) is 191 Å². The largest absolute Gasteiger partial charge is 0.472 e. The topological polar surface area (TPSA) is 231 Å². The summed E-state index contributed by atoms with van der Waals surface area (Å²) in [5.74, 6) is -1.55. The van der Waals surface area contributed by atoms with Gasteiger partial charge < -0.3 is 34.2 Å². The van der Waals surface area contributed by atoms with Crippen LogP contribution in [0.5, 0.6) is 0 Å². The molecule has 0 aromatic carbocycles. The maximum absolute atomic E-state index is 13.2. The summed E-state index contributed by atoms with van der Waals surface area (Å²) in [4.78, 5) is 59.3. The van der Waals surface area contributed by atoms with E-state index >= 15 is 0 Å². The second-order valence-corrected chi connectivity index (χ2v) is 38.6. The SMILES string of the molecule is CC/C=C\C/C=C\C/C=C\C/C=C\C/C=C\C/C=C\CCCCCCCCCCCCCCCCC(=O)OCC(O)COP(=O)(O)OCC(O)COP(=O)(O)OCC(COC(=O)CCCCCCCCCCCCCCCCC/C=C\C/C=C\C/C=C\C/C=C\CCCCC)OC(=O)CCCCCCCCCCCCCCCCC/C=C\C/C=C\C/C=C\C/C=C\CCCCC. The highest BCUT2D eigenvalue weighted by molar-refractivity contribution is 7.47. The number of rotatable bonds is 101. The van der Waals surface area contributed by atoms with Crippen LogP contribution in [0.15, 0.2) is 170 Å². The Morgan fingerprint density at radius 2 is 0.405 bits per heavy atom. The fourth-order valence-electron chi connectivity index (χ4n) is 14.8. The van der Waals surface area contributed by atoms with E-state index in [1.807, 2.05) is 0 Å². The minimum atomic E-state index is -4.95. The average molecular weight is 1870 g/mol. The van der Waals surface area contributed by atoms with E-state index in [0.717, 1.165) is 148 Å². The fraction of sp³-hybridized carbons (Fsp3) is 0.726. The Morgan fingerprint density at radius 3 is 0.641 bits per heavy atom. The summed E-state index contributed by atoms with van der Waals surface area (Å²) in [5.41, 5.74) is 0. The summed E-state index contributed by atoms with van der Waals surface area (Å²) in [7, 11) is -9.82. The lowest BCUT2D eigenvalue weighted by molar-refractivity contribution is -0.161. The van der Waals surface area contributed by atoms with Crippen LogP contribution in [0.1, 0.15) is 470 Å². The van der Waals surface area contributed by atoms with Crippen LogP contribution in [0.25, 0.3) is 0 Å². The van der Waals surface area contributed by atoms with Crippen molar-refractivity contribution in [3.8, 4) is 0 Å². The van der Waals surface area contributed by atoms with Gasteiger partial charge in [0, 0.05) is 19.3 Å². The summed E-state index contributed by atoms with van der Waals surface area (Å²) >= 11 is 0. The number of phosphoric acid groups is 2. The first-order valence-corrected chi connectivity index (χ1v) is 56.4. The van der Waals surface area contributed by atoms with E-state index in [-0.39, 0.29) is 19.3 Å². The predicted octanol–water partition coefficient (Wildman–Crippen LogP) is 34.1. The van der Waals surface area contributed by atoms with E-state index in [1.165, 1.54) is 263 Å². The number of hydrogen-bond donors (Lipinski definition) is 4. The number of aliphatic hydroxyl groups is 2. The number of carbonyl (C=O) groups excluding carboxylic acids is 3. The van der Waals surface area contributed by atoms with Crippen LogP contribution < -0.4 is 0 Å². The van der Waals surface area contributed by atoms with Gasteiger partial charge in [0.1, 0.15) is 25.4 Å². The van der Waals surface area contributed by atoms with Crippen LogP contribution in [0.4, 0.5) is 0 Å². The standard InChI is InChI=1S/C113H196O16P2/c1-4-7-10-13-16-19-22-25-28-31-34-37-40-43-46-49-52-53-56-58-60-63-66-69-72-75-78-81-84-87-90-93-96-99-111(116)123-102-108(114)103-125-130(119,120)126-104-109(115)105-127-131(121,122)128-107-110(129-113(118)101-98-95-92-89-86-83-80-77-74-71-68-65-62-59-55-51-48-45-42-39-36-33-30-27-24-21-18-15-12-9-6-3)106-124-112(117)100-97-94-91-88-85-82-79-76-73-70-67-64-61-57-54-50-47-44-41-38-35-32-29-26-23-20-17-14-11-8-5-2/h7,10,16-21,25-30,34-39,43-48,52-53,108-110,114-115H,4-6,8-9,11-15,22-24,31-33,40-42,49-51,54-107H2,1-3H3,(H,119,120)(H,121,122)/b10-7-,19-16-,20-17-,21-18-,28-25-,29-26-,30-27-,37-34-,38-35-,39-36-,46-43-,47-44-,48-45-,53-52-. The summed E-state index contributed by atoms with van der Waals surface area (Å²) in [6, 6.07) is 0. The number of ether oxygens (including phenoxy) is 3. The van der Waals surface area contributed by atoms with Gasteiger partial charge in [0.2, 0.25) is 0 Å². The van der Waals surface area contributed by atoms with Gasteiger partial charge in [-0.1, -0.05) is 461 Å². The Morgan fingerprint density at radius 1 is 0.221 bits per heavy atom. The van der Waals surface area contributed by atoms with Crippen molar-refractivity contribution in [2.24, 2.45) is 0 Å². The minimum absolute atomic E-state index is 0.103. The first kappa shape index (κ1) is 126. The summed E-state index contributed by atoms with van der Waals surface area (Å²) < 4.78 is 61.8. The Hall–Kier alpha value is -5.09. The molecule has 0 fully saturated rings. The van der Waals surface area contributed by atoms with Crippen LogP contribution in [0, 0.1) is 0 Å². The number of esters is 3. The highest BCUT2D eigenvalue weighted by Crippen LogP contribution is 2.45. The van der Waals surface area contributed by atoms with Crippen LogP contribution in [-0.4, -0.2) is 95.9 Å². The zero-order chi connectivity index (χ0) is 95.0. The highest BCUT2D eigenvalue weighted by Gasteiger charge is 2.30. The van der Waals surface area contributed by atoms with Crippen molar-refractivity contribution in [2.45, 2.75) is 489 Å². The molecule has 131 heavy (non-hydrogen) atoms. The Balaban J connectivity index is 4.62. The zero-order valence-corrected chi connectivity index (χ0v) is 85.5. The molecule has 0 bridgehead atoms. The van der Waals surface area contributed by atoms with E-state index < -0.39 is 91.5 Å². The van der Waals surface area contributed by atoms with Crippen molar-refractivity contribution in [1.29, 1.82) is 0 Å². The van der Waals surface area contributed by atoms with E-state index in [9.17, 15) is 43.5 Å². The normalized spacial score (nSPS) is 14.3. The smallest absolute Gasteiger partial charge is 0.463 e. The Kier molecular flexibility index (Phi) is 99.8. The maximum atomic E-state index is 13.2. The van der Waals surface area contributed by atoms with E-state index in [1.54, 1.807) is 0 Å². The van der Waals surface area contributed by atoms with Crippen LogP contribution in [-0.2, 0) is 55.8 Å². The molecule has 5 unspecified atom stereocenters. The van der Waals surface area contributed by atoms with Crippen LogP contribution in [0.2, 0.25) is 0 Å². The second-order valence-electron chi connectivity index (χ2n) is 35.7. The van der Waals surface area contributed by atoms with Crippen molar-refractivity contribution in [1.82, 2.24) is 0 Å². The van der Waals surface area contributed by atoms with Crippen molar-refractivity contribution in [3.05, 3.63) is 170 Å². The molecule has 0 saturated heterocycles. The minimum Gasteiger partial charge on any atom is -0.463 e. The summed E-state index contributed by atoms with van der Waals surface area (Å²) in [5, 5.41) is 20.8. The maximum Gasteiger partial charge on any atom is 0.472 e. The van der Waals surface area contributed by atoms with Crippen molar-refractivity contribution < 1.29 is 75.8 Å². The van der Waals surface area contributed by atoms with Gasteiger partial charge in [-0.25, -0.2) is 9.13 Å². The molecule has 0 heterocycles. The van der Waals surface area contributed by atoms with Gasteiger partial charge in [-0.05, 0) is 161 Å². The third kappa shape index (κ3) is 105. The third-order valence-corrected chi connectivity index (χ3v) is 24.8. The van der Waals surface area contributed by atoms with E-state index in [4.69, 9.17) is 32.3 Å². The van der Waals surface area contributed by atoms with Crippen molar-refractivity contribution >= 4 is 33.6 Å². The molecular weight excluding hydrogens is 1680 g/mol. The van der Waals surface area contributed by atoms with Gasteiger partial charge in [0.15, 0.2) is 6.10 Å². The molecule has 4 N–H and O–H groups in total. The van der Waals surface area contributed by atoms with E-state index in [0.29, 0.717) is 19.3 Å². The molecule has 16 nitrogen and oxygen atoms in total. The van der Waals surface area contributed by atoms with Crippen molar-refractivity contribution in [3.63, 3.8) is 0 Å². The first-order valence-electron chi connectivity index (χ1n) is 53.4. The van der Waals surface area contributed by atoms with Crippen LogP contribution in [0.3, 0.4) is 0 Å². The van der Waals surface area contributed by atoms with Gasteiger partial charge in [-0.15, -0.1) is 0 Å². The summed E-state index contributed by atoms with van der Waals surface area (Å²) in [6.07, 6.45) is 137. The predicted molar refractivity (Wildman–Crippen MR) is 555 cm³/mol. The molecule has 0 aliphatic carbocycles. The van der Waals surface area contributed by atoms with Gasteiger partial charge in [-0.2, -0.15) is 0 Å². The Bertz CT molecular complexity index is 3060. The third-order valence-electron chi connectivity index (χ3n) is 22.9. The Labute approximate surface area is 803 Å². The molecule has 754 valence electrons. The number of aliphatic hydroxyl groups excluding tert-OH is 2. The molecule has 18 heteroatoms. The number of phosphoric ester groups is 2. The lowest BCUT2D eigenvalue weighted by Crippen LogP contribution is -2.30. The molecule has 0 aliphatic heterocycles. The van der Waals surface area contributed by atoms with Gasteiger partial charge in [0.25, 0.3) is 0 Å². The van der Waals surface area contributed by atoms with Gasteiger partial charge in [-0.3, -0.25) is 32.5 Å². The molecule has 0 aromatic rings. The molecule has 0 radical (unpaired) electrons. The monoisotopic (exact) mass is 1870 g/mol. The number of allylic oxidation sites excluding steroid dienone is 28. The zero-order valence-electron chi connectivity index (χ0n) is 83.7. The lowest BCUT2D eigenvalue weighted by Gasteiger charge is -2.21. The molecular formula is C113H196O16P2. The fourth-order valence-corrected chi connectivity index (χ4v) is 16.4. The van der Waals surface area contributed by atoms with Crippen molar-refractivity contribution in [2.75, 3.05) is 39.6 Å². The molecule has 0 aliphatic rings. The number of carbonyl (C=O) groups is 3. The molecule has 0 amide bonds. The summed E-state index contributed by atoms with van der Waals surface area (Å²) in [6.45, 7) is 2.60. The first-order chi connectivity index (χ1) is 64.2. The molecule has 0 spiro atoms. The van der Waals surface area contributed by atoms with Gasteiger partial charge in [0.05, 0.1) is 26.4 Å². The molecule has 0 saturated carbocycles. The second kappa shape index (κ2) is 104. The number of unbranched alkanes of at least 4 members (excludes halogenated alkanes) is 50. The van der Waals surface area contributed by atoms with Crippen LogP contribution >= 0.6 is 15.6 Å². The lowest BCUT2D eigenvalue weighted by atomic mass is 10.0. The van der Waals surface area contributed by atoms with Gasteiger partial charge >= 0.3 is 33.6 Å². The molecule has 0 aromatic heterocycles. The highest BCUT2D eigenvalue weighted by atomic mass is 31.2. The number of hydrogen-bond acceptors (Lipinski definition) is 14. The molecule has 0 rings (SSSR count). The average Bonchev–Trinajstić information content (AvgIpc) is 0.891. The molecule has 5 atom stereocenters.